The fourth-order valence-corrected chi connectivity index (χ4v) is 3.00. The van der Waals surface area contributed by atoms with Crippen LogP contribution in [0.5, 0.6) is 0 Å². The highest BCUT2D eigenvalue weighted by molar-refractivity contribution is 5.76. The number of amides is 1. The number of nitrogens with two attached hydrogens (primary N) is 1. The fourth-order valence-electron chi connectivity index (χ4n) is 3.00. The minimum atomic E-state index is -0.234. The third kappa shape index (κ3) is 4.82. The van der Waals surface area contributed by atoms with Crippen LogP contribution < -0.4 is 11.1 Å². The SMILES string of the molecule is CCOCCC1(CNC(=O)CC(N)c2ccccc2)CCC1. The third-order valence-electron chi connectivity index (χ3n) is 4.69. The molecule has 0 spiro atoms. The van der Waals surface area contributed by atoms with Gasteiger partial charge in [0.1, 0.15) is 0 Å². The predicted octanol–water partition coefficient (Wildman–Crippen LogP) is 2.79. The molecule has 22 heavy (non-hydrogen) atoms. The van der Waals surface area contributed by atoms with Gasteiger partial charge < -0.3 is 15.8 Å². The minimum Gasteiger partial charge on any atom is -0.382 e. The average molecular weight is 304 g/mol. The van der Waals surface area contributed by atoms with Crippen LogP contribution in [-0.4, -0.2) is 25.7 Å². The van der Waals surface area contributed by atoms with Crippen molar-refractivity contribution in [2.24, 2.45) is 11.1 Å². The summed E-state index contributed by atoms with van der Waals surface area (Å²) in [5.41, 5.74) is 7.36. The highest BCUT2D eigenvalue weighted by Crippen LogP contribution is 2.43. The first-order valence-corrected chi connectivity index (χ1v) is 8.30. The smallest absolute Gasteiger partial charge is 0.221 e. The van der Waals surface area contributed by atoms with E-state index in [2.05, 4.69) is 5.32 Å². The Morgan fingerprint density at radius 3 is 2.68 bits per heavy atom. The first kappa shape index (κ1) is 17.0. The number of ether oxygens (including phenoxy) is 1. The molecule has 4 heteroatoms. The van der Waals surface area contributed by atoms with Gasteiger partial charge in [0.2, 0.25) is 5.91 Å². The van der Waals surface area contributed by atoms with Gasteiger partial charge in [-0.2, -0.15) is 0 Å². The van der Waals surface area contributed by atoms with E-state index in [1.54, 1.807) is 0 Å². The van der Waals surface area contributed by atoms with Crippen molar-refractivity contribution in [1.82, 2.24) is 5.32 Å². The molecule has 4 nitrogen and oxygen atoms in total. The summed E-state index contributed by atoms with van der Waals surface area (Å²) in [5, 5.41) is 3.08. The molecule has 1 saturated carbocycles. The number of carbonyl (C=O) groups is 1. The molecule has 1 amide bonds. The molecule has 1 atom stereocenters. The Bertz CT molecular complexity index is 457. The molecule has 0 bridgehead atoms. The highest BCUT2D eigenvalue weighted by Gasteiger charge is 2.36. The highest BCUT2D eigenvalue weighted by atomic mass is 16.5. The lowest BCUT2D eigenvalue weighted by Crippen LogP contribution is -2.43. The average Bonchev–Trinajstić information content (AvgIpc) is 2.50. The van der Waals surface area contributed by atoms with Gasteiger partial charge in [-0.15, -0.1) is 0 Å². The Labute approximate surface area is 133 Å². The zero-order valence-electron chi connectivity index (χ0n) is 13.5. The number of hydrogen-bond acceptors (Lipinski definition) is 3. The standard InChI is InChI=1S/C18H28N2O2/c1-2-22-12-11-18(9-6-10-18)14-20-17(21)13-16(19)15-7-4-3-5-8-15/h3-5,7-8,16H,2,6,9-14,19H2,1H3,(H,20,21). The van der Waals surface area contributed by atoms with Gasteiger partial charge in [0, 0.05) is 32.2 Å². The molecule has 1 aliphatic rings. The molecule has 3 N–H and O–H groups in total. The Morgan fingerprint density at radius 2 is 2.09 bits per heavy atom. The fraction of sp³-hybridized carbons (Fsp3) is 0.611. The summed E-state index contributed by atoms with van der Waals surface area (Å²) < 4.78 is 5.46. The largest absolute Gasteiger partial charge is 0.382 e. The van der Waals surface area contributed by atoms with Crippen molar-refractivity contribution in [2.75, 3.05) is 19.8 Å². The maximum absolute atomic E-state index is 12.1. The number of hydrogen-bond donors (Lipinski definition) is 2. The summed E-state index contributed by atoms with van der Waals surface area (Å²) in [5.74, 6) is 0.0408. The Hall–Kier alpha value is -1.39. The van der Waals surface area contributed by atoms with Gasteiger partial charge in [-0.05, 0) is 37.2 Å². The molecule has 1 aromatic rings. The summed E-state index contributed by atoms with van der Waals surface area (Å²) in [7, 11) is 0. The van der Waals surface area contributed by atoms with Crippen LogP contribution in [0.4, 0.5) is 0 Å². The van der Waals surface area contributed by atoms with Crippen molar-refractivity contribution in [3.8, 4) is 0 Å². The maximum atomic E-state index is 12.1. The molecular weight excluding hydrogens is 276 g/mol. The van der Waals surface area contributed by atoms with Crippen LogP contribution in [0.2, 0.25) is 0 Å². The quantitative estimate of drug-likeness (QED) is 0.690. The van der Waals surface area contributed by atoms with E-state index in [0.29, 0.717) is 6.42 Å². The second kappa shape index (κ2) is 8.30. The normalized spacial score (nSPS) is 17.5. The predicted molar refractivity (Wildman–Crippen MR) is 88.4 cm³/mol. The zero-order valence-corrected chi connectivity index (χ0v) is 13.5. The summed E-state index contributed by atoms with van der Waals surface area (Å²) in [6, 6.07) is 9.55. The summed E-state index contributed by atoms with van der Waals surface area (Å²) in [6.45, 7) is 4.31. The van der Waals surface area contributed by atoms with Crippen LogP contribution >= 0.6 is 0 Å². The minimum absolute atomic E-state index is 0.0408. The Kier molecular flexibility index (Phi) is 6.40. The van der Waals surface area contributed by atoms with E-state index in [0.717, 1.165) is 31.7 Å². The van der Waals surface area contributed by atoms with E-state index in [1.807, 2.05) is 37.3 Å². The van der Waals surface area contributed by atoms with Gasteiger partial charge in [-0.1, -0.05) is 36.8 Å². The van der Waals surface area contributed by atoms with E-state index < -0.39 is 0 Å². The second-order valence-electron chi connectivity index (χ2n) is 6.30. The van der Waals surface area contributed by atoms with E-state index >= 15 is 0 Å². The number of benzene rings is 1. The van der Waals surface area contributed by atoms with Crippen LogP contribution in [0, 0.1) is 5.41 Å². The van der Waals surface area contributed by atoms with Crippen molar-refractivity contribution in [3.05, 3.63) is 35.9 Å². The molecule has 1 fully saturated rings. The number of rotatable bonds is 9. The molecule has 1 aromatic carbocycles. The van der Waals surface area contributed by atoms with Gasteiger partial charge in [0.05, 0.1) is 0 Å². The molecule has 0 aromatic heterocycles. The lowest BCUT2D eigenvalue weighted by atomic mass is 9.66. The molecule has 0 heterocycles. The number of nitrogens with one attached hydrogen (secondary N) is 1. The summed E-state index contributed by atoms with van der Waals surface area (Å²) in [4.78, 5) is 12.1. The lowest BCUT2D eigenvalue weighted by molar-refractivity contribution is -0.122. The third-order valence-corrected chi connectivity index (χ3v) is 4.69. The second-order valence-corrected chi connectivity index (χ2v) is 6.30. The molecule has 0 radical (unpaired) electrons. The summed E-state index contributed by atoms with van der Waals surface area (Å²) >= 11 is 0. The molecule has 2 rings (SSSR count). The molecule has 1 unspecified atom stereocenters. The topological polar surface area (TPSA) is 64.3 Å². The molecule has 122 valence electrons. The van der Waals surface area contributed by atoms with Gasteiger partial charge in [-0.3, -0.25) is 4.79 Å². The van der Waals surface area contributed by atoms with Crippen molar-refractivity contribution in [3.63, 3.8) is 0 Å². The molecular formula is C18H28N2O2. The first-order valence-electron chi connectivity index (χ1n) is 8.30. The van der Waals surface area contributed by atoms with Crippen molar-refractivity contribution >= 4 is 5.91 Å². The summed E-state index contributed by atoms with van der Waals surface area (Å²) in [6.07, 6.45) is 5.00. The van der Waals surface area contributed by atoms with Crippen molar-refractivity contribution < 1.29 is 9.53 Å². The molecule has 0 aliphatic heterocycles. The van der Waals surface area contributed by atoms with E-state index in [-0.39, 0.29) is 17.4 Å². The molecule has 1 aliphatic carbocycles. The van der Waals surface area contributed by atoms with Crippen LogP contribution in [-0.2, 0) is 9.53 Å². The maximum Gasteiger partial charge on any atom is 0.221 e. The Morgan fingerprint density at radius 1 is 1.36 bits per heavy atom. The van der Waals surface area contributed by atoms with Gasteiger partial charge in [0.25, 0.3) is 0 Å². The van der Waals surface area contributed by atoms with Crippen LogP contribution in [0.25, 0.3) is 0 Å². The monoisotopic (exact) mass is 304 g/mol. The van der Waals surface area contributed by atoms with Crippen LogP contribution in [0.3, 0.4) is 0 Å². The first-order chi connectivity index (χ1) is 10.7. The van der Waals surface area contributed by atoms with E-state index in [4.69, 9.17) is 10.5 Å². The zero-order chi connectivity index (χ0) is 15.8. The van der Waals surface area contributed by atoms with Gasteiger partial charge in [-0.25, -0.2) is 0 Å². The van der Waals surface area contributed by atoms with E-state index in [9.17, 15) is 4.79 Å². The molecule has 0 saturated heterocycles. The van der Waals surface area contributed by atoms with E-state index in [1.165, 1.54) is 19.3 Å². The van der Waals surface area contributed by atoms with Crippen LogP contribution in [0.1, 0.15) is 50.6 Å². The van der Waals surface area contributed by atoms with Crippen LogP contribution in [0.15, 0.2) is 30.3 Å². The number of carbonyl (C=O) groups excluding carboxylic acids is 1. The van der Waals surface area contributed by atoms with Crippen molar-refractivity contribution in [1.29, 1.82) is 0 Å². The van der Waals surface area contributed by atoms with Gasteiger partial charge >= 0.3 is 0 Å². The van der Waals surface area contributed by atoms with Crippen molar-refractivity contribution in [2.45, 2.75) is 45.1 Å². The Balaban J connectivity index is 1.74. The lowest BCUT2D eigenvalue weighted by Gasteiger charge is -2.42. The van der Waals surface area contributed by atoms with Gasteiger partial charge in [0.15, 0.2) is 0 Å².